The average Bonchev–Trinajstić information content (AvgIpc) is 2.91. The maximum absolute atomic E-state index is 12.3. The third kappa shape index (κ3) is 4.26. The first-order valence-electron chi connectivity index (χ1n) is 6.76. The van der Waals surface area contributed by atoms with Gasteiger partial charge in [-0.2, -0.15) is 0 Å². The van der Waals surface area contributed by atoms with Crippen LogP contribution in [0.3, 0.4) is 0 Å². The zero-order chi connectivity index (χ0) is 15.5. The number of aromatic carboxylic acids is 1. The summed E-state index contributed by atoms with van der Waals surface area (Å²) in [6.45, 7) is 1.05. The molecule has 1 N–H and O–H groups in total. The van der Waals surface area contributed by atoms with Crippen molar-refractivity contribution in [3.05, 3.63) is 35.4 Å². The molecule has 1 aromatic carbocycles. The van der Waals surface area contributed by atoms with Gasteiger partial charge in [0.05, 0.1) is 17.4 Å². The van der Waals surface area contributed by atoms with Crippen LogP contribution in [-0.2, 0) is 20.5 Å². The predicted molar refractivity (Wildman–Crippen MR) is 77.6 cm³/mol. The lowest BCUT2D eigenvalue weighted by Crippen LogP contribution is -2.34. The molecular formula is C14H19NO5S. The Kier molecular flexibility index (Phi) is 4.97. The maximum atomic E-state index is 12.3. The SMILES string of the molecule is CN(CC1CCCO1)S(=O)(=O)Cc1ccc(C(=O)O)cc1. The second kappa shape index (κ2) is 6.55. The summed E-state index contributed by atoms with van der Waals surface area (Å²) in [7, 11) is -1.88. The second-order valence-corrected chi connectivity index (χ2v) is 7.25. The van der Waals surface area contributed by atoms with Crippen molar-refractivity contribution in [3.63, 3.8) is 0 Å². The molecule has 1 aliphatic rings. The van der Waals surface area contributed by atoms with Gasteiger partial charge in [0.2, 0.25) is 10.0 Å². The van der Waals surface area contributed by atoms with E-state index in [4.69, 9.17) is 9.84 Å². The fraction of sp³-hybridized carbons (Fsp3) is 0.500. The highest BCUT2D eigenvalue weighted by molar-refractivity contribution is 7.88. The summed E-state index contributed by atoms with van der Waals surface area (Å²) in [6, 6.07) is 5.88. The zero-order valence-corrected chi connectivity index (χ0v) is 12.7. The van der Waals surface area contributed by atoms with E-state index >= 15 is 0 Å². The van der Waals surface area contributed by atoms with Crippen molar-refractivity contribution >= 4 is 16.0 Å². The van der Waals surface area contributed by atoms with E-state index in [9.17, 15) is 13.2 Å². The zero-order valence-electron chi connectivity index (χ0n) is 11.9. The number of carbonyl (C=O) groups is 1. The molecule has 2 rings (SSSR count). The molecule has 1 fully saturated rings. The molecule has 7 heteroatoms. The Hall–Kier alpha value is -1.44. The van der Waals surface area contributed by atoms with Gasteiger partial charge in [0.1, 0.15) is 0 Å². The van der Waals surface area contributed by atoms with E-state index in [0.717, 1.165) is 12.8 Å². The number of hydrogen-bond acceptors (Lipinski definition) is 4. The van der Waals surface area contributed by atoms with Gasteiger partial charge in [-0.15, -0.1) is 0 Å². The smallest absolute Gasteiger partial charge is 0.335 e. The molecule has 0 spiro atoms. The third-order valence-electron chi connectivity index (χ3n) is 3.51. The van der Waals surface area contributed by atoms with Crippen molar-refractivity contribution in [2.45, 2.75) is 24.7 Å². The number of ether oxygens (including phenoxy) is 1. The van der Waals surface area contributed by atoms with Gasteiger partial charge in [0.25, 0.3) is 0 Å². The molecule has 116 valence electrons. The van der Waals surface area contributed by atoms with E-state index in [1.807, 2.05) is 0 Å². The van der Waals surface area contributed by atoms with Crippen LogP contribution in [0.25, 0.3) is 0 Å². The van der Waals surface area contributed by atoms with Crippen molar-refractivity contribution in [2.75, 3.05) is 20.2 Å². The average molecular weight is 313 g/mol. The summed E-state index contributed by atoms with van der Waals surface area (Å²) in [5.41, 5.74) is 0.711. The molecule has 0 saturated carbocycles. The number of carboxylic acid groups (broad SMARTS) is 1. The van der Waals surface area contributed by atoms with Crippen LogP contribution in [0.4, 0.5) is 0 Å². The molecule has 1 unspecified atom stereocenters. The van der Waals surface area contributed by atoms with Crippen LogP contribution < -0.4 is 0 Å². The molecule has 6 nitrogen and oxygen atoms in total. The molecule has 0 aliphatic carbocycles. The summed E-state index contributed by atoms with van der Waals surface area (Å²) >= 11 is 0. The fourth-order valence-electron chi connectivity index (χ4n) is 2.25. The van der Waals surface area contributed by atoms with Gasteiger partial charge in [-0.05, 0) is 30.5 Å². The van der Waals surface area contributed by atoms with E-state index in [0.29, 0.717) is 18.7 Å². The van der Waals surface area contributed by atoms with Crippen LogP contribution in [-0.4, -0.2) is 50.1 Å². The van der Waals surface area contributed by atoms with E-state index in [-0.39, 0.29) is 17.4 Å². The monoisotopic (exact) mass is 313 g/mol. The Morgan fingerprint density at radius 2 is 2.05 bits per heavy atom. The van der Waals surface area contributed by atoms with Crippen LogP contribution in [0.2, 0.25) is 0 Å². The van der Waals surface area contributed by atoms with E-state index in [1.165, 1.54) is 28.6 Å². The summed E-state index contributed by atoms with van der Waals surface area (Å²) < 4.78 is 31.3. The molecule has 1 saturated heterocycles. The summed E-state index contributed by atoms with van der Waals surface area (Å²) in [5, 5.41) is 8.82. The number of sulfonamides is 1. The number of hydrogen-bond donors (Lipinski definition) is 1. The topological polar surface area (TPSA) is 83.9 Å². The Bertz CT molecular complexity index is 590. The van der Waals surface area contributed by atoms with Crippen molar-refractivity contribution in [1.29, 1.82) is 0 Å². The standard InChI is InChI=1S/C14H19NO5S/c1-15(9-13-3-2-8-20-13)21(18,19)10-11-4-6-12(7-5-11)14(16)17/h4-7,13H,2-3,8-10H2,1H3,(H,16,17). The molecule has 0 bridgehead atoms. The molecule has 1 heterocycles. The van der Waals surface area contributed by atoms with E-state index in [1.54, 1.807) is 7.05 Å². The molecular weight excluding hydrogens is 294 g/mol. The van der Waals surface area contributed by atoms with Gasteiger partial charge in [0, 0.05) is 20.2 Å². The second-order valence-electron chi connectivity index (χ2n) is 5.17. The van der Waals surface area contributed by atoms with Crippen molar-refractivity contribution in [1.82, 2.24) is 4.31 Å². The lowest BCUT2D eigenvalue weighted by Gasteiger charge is -2.20. The molecule has 0 aromatic heterocycles. The minimum atomic E-state index is -3.43. The highest BCUT2D eigenvalue weighted by Crippen LogP contribution is 2.16. The lowest BCUT2D eigenvalue weighted by atomic mass is 10.1. The summed E-state index contributed by atoms with van der Waals surface area (Å²) in [6.07, 6.45) is 1.82. The van der Waals surface area contributed by atoms with E-state index in [2.05, 4.69) is 0 Å². The van der Waals surface area contributed by atoms with Crippen LogP contribution in [0.15, 0.2) is 24.3 Å². The molecule has 21 heavy (non-hydrogen) atoms. The van der Waals surface area contributed by atoms with Gasteiger partial charge < -0.3 is 9.84 Å². The number of rotatable bonds is 6. The number of benzene rings is 1. The Morgan fingerprint density at radius 3 is 2.57 bits per heavy atom. The molecule has 1 atom stereocenters. The molecule has 1 aromatic rings. The summed E-state index contributed by atoms with van der Waals surface area (Å²) in [4.78, 5) is 10.8. The molecule has 0 amide bonds. The number of nitrogens with zero attached hydrogens (tertiary/aromatic N) is 1. The highest BCUT2D eigenvalue weighted by Gasteiger charge is 2.24. The molecule has 0 radical (unpaired) electrons. The highest BCUT2D eigenvalue weighted by atomic mass is 32.2. The van der Waals surface area contributed by atoms with Crippen LogP contribution in [0, 0.1) is 0 Å². The van der Waals surface area contributed by atoms with Crippen LogP contribution in [0.1, 0.15) is 28.8 Å². The minimum Gasteiger partial charge on any atom is -0.478 e. The van der Waals surface area contributed by atoms with Gasteiger partial charge in [-0.3, -0.25) is 0 Å². The van der Waals surface area contributed by atoms with Crippen molar-refractivity contribution in [3.8, 4) is 0 Å². The van der Waals surface area contributed by atoms with Crippen molar-refractivity contribution in [2.24, 2.45) is 0 Å². The summed E-state index contributed by atoms with van der Waals surface area (Å²) in [5.74, 6) is -1.17. The van der Waals surface area contributed by atoms with Gasteiger partial charge in [-0.1, -0.05) is 12.1 Å². The largest absolute Gasteiger partial charge is 0.478 e. The Balaban J connectivity index is 2.00. The van der Waals surface area contributed by atoms with E-state index < -0.39 is 16.0 Å². The Morgan fingerprint density at radius 1 is 1.38 bits per heavy atom. The normalized spacial score (nSPS) is 19.0. The first-order chi connectivity index (χ1) is 9.88. The molecule has 1 aliphatic heterocycles. The number of likely N-dealkylation sites (N-methyl/N-ethyl adjacent to an activating group) is 1. The maximum Gasteiger partial charge on any atom is 0.335 e. The first kappa shape index (κ1) is 15.9. The number of carboxylic acids is 1. The Labute approximate surface area is 124 Å². The van der Waals surface area contributed by atoms with Gasteiger partial charge >= 0.3 is 5.97 Å². The first-order valence-corrected chi connectivity index (χ1v) is 8.37. The fourth-order valence-corrected chi connectivity index (χ4v) is 3.48. The quantitative estimate of drug-likeness (QED) is 0.856. The minimum absolute atomic E-state index is 0.0286. The van der Waals surface area contributed by atoms with Gasteiger partial charge in [0.15, 0.2) is 0 Å². The van der Waals surface area contributed by atoms with Crippen molar-refractivity contribution < 1.29 is 23.1 Å². The van der Waals surface area contributed by atoms with Crippen LogP contribution >= 0.6 is 0 Å². The van der Waals surface area contributed by atoms with Gasteiger partial charge in [-0.25, -0.2) is 17.5 Å². The third-order valence-corrected chi connectivity index (χ3v) is 5.31. The predicted octanol–water partition coefficient (Wildman–Crippen LogP) is 1.33. The lowest BCUT2D eigenvalue weighted by molar-refractivity contribution is 0.0697. The van der Waals surface area contributed by atoms with Crippen LogP contribution in [0.5, 0.6) is 0 Å².